The molecule has 0 aliphatic heterocycles. The highest BCUT2D eigenvalue weighted by Crippen LogP contribution is 2.39. The molecule has 0 saturated carbocycles. The highest BCUT2D eigenvalue weighted by Gasteiger charge is 2.19. The lowest BCUT2D eigenvalue weighted by atomic mass is 9.90. The minimum Gasteiger partial charge on any atom is -0.147 e. The number of hydrogen-bond acceptors (Lipinski definition) is 1. The second-order valence-corrected chi connectivity index (χ2v) is 6.40. The molecule has 1 atom stereocenters. The van der Waals surface area contributed by atoms with Crippen LogP contribution in [0.1, 0.15) is 28.8 Å². The summed E-state index contributed by atoms with van der Waals surface area (Å²) in [4.78, 5) is 1.36. The van der Waals surface area contributed by atoms with Crippen molar-refractivity contribution in [2.75, 3.05) is 0 Å². The quantitative estimate of drug-likeness (QED) is 0.628. The molecule has 3 rings (SSSR count). The number of aryl methyl sites for hydroxylation is 2. The van der Waals surface area contributed by atoms with Gasteiger partial charge in [0.2, 0.25) is 0 Å². The Morgan fingerprint density at radius 2 is 1.81 bits per heavy atom. The van der Waals surface area contributed by atoms with Crippen molar-refractivity contribution in [2.24, 2.45) is 0 Å². The average molecular weight is 290 g/mol. The van der Waals surface area contributed by atoms with Crippen molar-refractivity contribution in [1.82, 2.24) is 0 Å². The molecule has 0 fully saturated rings. The molecular formula is C20H18S. The Morgan fingerprint density at radius 3 is 2.57 bits per heavy atom. The third-order valence-electron chi connectivity index (χ3n) is 3.93. The predicted molar refractivity (Wildman–Crippen MR) is 92.6 cm³/mol. The van der Waals surface area contributed by atoms with Crippen molar-refractivity contribution in [3.8, 4) is 23.0 Å². The summed E-state index contributed by atoms with van der Waals surface area (Å²) in [6.45, 7) is 6.54. The van der Waals surface area contributed by atoms with E-state index in [-0.39, 0.29) is 5.92 Å². The van der Waals surface area contributed by atoms with E-state index in [0.29, 0.717) is 0 Å². The number of rotatable bonds is 2. The molecule has 1 aliphatic rings. The molecule has 0 bridgehead atoms. The second-order valence-electron chi connectivity index (χ2n) is 5.46. The first kappa shape index (κ1) is 13.9. The number of benzene rings is 1. The maximum absolute atomic E-state index is 3.39. The van der Waals surface area contributed by atoms with E-state index >= 15 is 0 Å². The maximum Gasteiger partial charge on any atom is 0.0765 e. The molecule has 0 amide bonds. The van der Waals surface area contributed by atoms with Gasteiger partial charge in [0.1, 0.15) is 0 Å². The number of thiophene rings is 1. The van der Waals surface area contributed by atoms with Crippen LogP contribution in [0.15, 0.2) is 53.4 Å². The van der Waals surface area contributed by atoms with Crippen molar-refractivity contribution in [3.63, 3.8) is 0 Å². The lowest BCUT2D eigenvalue weighted by Crippen LogP contribution is -1.98. The first-order valence-electron chi connectivity index (χ1n) is 7.17. The molecule has 104 valence electrons. The Labute approximate surface area is 130 Å². The average Bonchev–Trinajstić information content (AvgIpc) is 2.81. The first-order valence-corrected chi connectivity index (χ1v) is 8.05. The monoisotopic (exact) mass is 290 g/mol. The van der Waals surface area contributed by atoms with Crippen LogP contribution in [-0.4, -0.2) is 0 Å². The van der Waals surface area contributed by atoms with Gasteiger partial charge in [-0.3, -0.25) is 0 Å². The molecule has 1 heterocycles. The van der Waals surface area contributed by atoms with Crippen molar-refractivity contribution >= 4 is 11.3 Å². The van der Waals surface area contributed by atoms with E-state index in [0.717, 1.165) is 0 Å². The van der Waals surface area contributed by atoms with Crippen molar-refractivity contribution in [1.29, 1.82) is 0 Å². The summed E-state index contributed by atoms with van der Waals surface area (Å²) in [5, 5.41) is 2.18. The van der Waals surface area contributed by atoms with E-state index < -0.39 is 0 Å². The van der Waals surface area contributed by atoms with Gasteiger partial charge >= 0.3 is 0 Å². The Hall–Kier alpha value is -2.04. The number of hydrogen-bond donors (Lipinski definition) is 0. The molecular weight excluding hydrogens is 272 g/mol. The fourth-order valence-corrected chi connectivity index (χ4v) is 3.88. The van der Waals surface area contributed by atoms with Gasteiger partial charge in [-0.2, -0.15) is 0 Å². The van der Waals surface area contributed by atoms with E-state index in [2.05, 4.69) is 68.3 Å². The van der Waals surface area contributed by atoms with E-state index in [1.165, 1.54) is 32.7 Å². The van der Waals surface area contributed by atoms with E-state index in [1.54, 1.807) is 0 Å². The minimum absolute atomic E-state index is 0.203. The van der Waals surface area contributed by atoms with Crippen molar-refractivity contribution < 1.29 is 0 Å². The third-order valence-corrected chi connectivity index (χ3v) is 4.91. The molecule has 2 aromatic rings. The van der Waals surface area contributed by atoms with Crippen LogP contribution in [0.3, 0.4) is 0 Å². The summed E-state index contributed by atoms with van der Waals surface area (Å²) in [5.74, 6) is 6.74. The number of allylic oxidation sites excluding steroid dienone is 4. The summed E-state index contributed by atoms with van der Waals surface area (Å²) >= 11 is 1.81. The Kier molecular flexibility index (Phi) is 3.82. The zero-order chi connectivity index (χ0) is 14.8. The van der Waals surface area contributed by atoms with Crippen LogP contribution >= 0.6 is 11.3 Å². The first-order chi connectivity index (χ1) is 10.2. The zero-order valence-electron chi connectivity index (χ0n) is 12.6. The molecule has 0 N–H and O–H groups in total. The fraction of sp³-hybridized carbons (Fsp3) is 0.200. The minimum atomic E-state index is 0.203. The molecule has 1 aliphatic carbocycles. The van der Waals surface area contributed by atoms with Gasteiger partial charge in [0.05, 0.1) is 5.92 Å². The Bertz CT molecular complexity index is 770. The summed E-state index contributed by atoms with van der Waals surface area (Å²) in [6.07, 6.45) is 6.12. The van der Waals surface area contributed by atoms with E-state index in [9.17, 15) is 0 Å². The molecule has 0 spiro atoms. The van der Waals surface area contributed by atoms with Crippen molar-refractivity contribution in [2.45, 2.75) is 26.7 Å². The van der Waals surface area contributed by atoms with Crippen LogP contribution in [-0.2, 0) is 0 Å². The molecule has 0 nitrogen and oxygen atoms in total. The smallest absolute Gasteiger partial charge is 0.0765 e. The van der Waals surface area contributed by atoms with Crippen LogP contribution in [0, 0.1) is 25.7 Å². The summed E-state index contributed by atoms with van der Waals surface area (Å²) in [7, 11) is 0. The van der Waals surface area contributed by atoms with Crippen LogP contribution < -0.4 is 0 Å². The van der Waals surface area contributed by atoms with E-state index in [1.807, 2.05) is 23.5 Å². The van der Waals surface area contributed by atoms with Gasteiger partial charge in [0.25, 0.3) is 0 Å². The van der Waals surface area contributed by atoms with Gasteiger partial charge in [0, 0.05) is 4.88 Å². The highest BCUT2D eigenvalue weighted by molar-refractivity contribution is 7.10. The fourth-order valence-electron chi connectivity index (χ4n) is 2.85. The molecule has 21 heavy (non-hydrogen) atoms. The van der Waals surface area contributed by atoms with Gasteiger partial charge < -0.3 is 0 Å². The van der Waals surface area contributed by atoms with Crippen LogP contribution in [0.4, 0.5) is 0 Å². The highest BCUT2D eigenvalue weighted by atomic mass is 32.1. The molecule has 0 saturated heterocycles. The largest absolute Gasteiger partial charge is 0.147 e. The molecule has 1 aromatic carbocycles. The summed E-state index contributed by atoms with van der Waals surface area (Å²) < 4.78 is 0. The Balaban J connectivity index is 2.16. The zero-order valence-corrected chi connectivity index (χ0v) is 13.4. The van der Waals surface area contributed by atoms with Gasteiger partial charge in [0.15, 0.2) is 0 Å². The van der Waals surface area contributed by atoms with Gasteiger partial charge in [-0.25, -0.2) is 0 Å². The standard InChI is InChI=1S/C20H18S/c1-14-8-5-4-6-11-17(14)20-18(12-13-21-20)19-15(2)9-7-10-16(19)3/h4-5,7-10,12-13,17H,1-3H3. The third kappa shape index (κ3) is 2.60. The molecule has 0 radical (unpaired) electrons. The van der Waals surface area contributed by atoms with Gasteiger partial charge in [-0.1, -0.05) is 47.8 Å². The van der Waals surface area contributed by atoms with Gasteiger partial charge in [-0.05, 0) is 60.5 Å². The van der Waals surface area contributed by atoms with Crippen LogP contribution in [0.2, 0.25) is 0 Å². The normalized spacial score (nSPS) is 16.9. The topological polar surface area (TPSA) is 0 Å². The lowest BCUT2D eigenvalue weighted by molar-refractivity contribution is 1.06. The SMILES string of the molecule is CC1=CC=CC#CC1c1sccc1-c1c(C)cccc1C. The molecule has 1 unspecified atom stereocenters. The Morgan fingerprint density at radius 1 is 1.05 bits per heavy atom. The van der Waals surface area contributed by atoms with Gasteiger partial charge in [-0.15, -0.1) is 11.3 Å². The van der Waals surface area contributed by atoms with Crippen molar-refractivity contribution in [3.05, 3.63) is 69.5 Å². The second kappa shape index (κ2) is 5.76. The molecule has 1 heteroatoms. The van der Waals surface area contributed by atoms with E-state index in [4.69, 9.17) is 0 Å². The predicted octanol–water partition coefficient (Wildman–Crippen LogP) is 5.64. The van der Waals surface area contributed by atoms with Crippen LogP contribution in [0.25, 0.3) is 11.1 Å². The van der Waals surface area contributed by atoms with Crippen LogP contribution in [0.5, 0.6) is 0 Å². The summed E-state index contributed by atoms with van der Waals surface area (Å²) in [6, 6.07) is 8.74. The molecule has 1 aromatic heterocycles. The lowest BCUT2D eigenvalue weighted by Gasteiger charge is -2.15. The maximum atomic E-state index is 3.39. The summed E-state index contributed by atoms with van der Waals surface area (Å²) in [5.41, 5.74) is 6.67.